The molecule has 5 aliphatic carbocycles. The Bertz CT molecular complexity index is 972. The predicted molar refractivity (Wildman–Crippen MR) is 134 cm³/mol. The van der Waals surface area contributed by atoms with E-state index < -0.39 is 28.3 Å². The van der Waals surface area contributed by atoms with Crippen LogP contribution < -0.4 is 0 Å². The first-order valence-electron chi connectivity index (χ1n) is 14.0. The zero-order valence-electron chi connectivity index (χ0n) is 22.6. The van der Waals surface area contributed by atoms with Crippen LogP contribution in [0.3, 0.4) is 0 Å². The number of carbonyl (C=O) groups excluding carboxylic acids is 1. The number of aliphatic carboxylic acids is 1. The van der Waals surface area contributed by atoms with E-state index in [1.807, 2.05) is 6.92 Å². The number of aliphatic hydroxyl groups is 2. The van der Waals surface area contributed by atoms with Gasteiger partial charge < -0.3 is 15.3 Å². The first-order valence-corrected chi connectivity index (χ1v) is 14.0. The predicted octanol–water partition coefficient (Wildman–Crippen LogP) is 5.24. The number of aliphatic hydroxyl groups excluding tert-OH is 2. The highest BCUT2D eigenvalue weighted by Gasteiger charge is 2.71. The monoisotopic (exact) mass is 486 g/mol. The number of hydrogen-bond acceptors (Lipinski definition) is 4. The van der Waals surface area contributed by atoms with E-state index in [0.29, 0.717) is 18.3 Å². The molecular formula is C30H46O5. The highest BCUT2D eigenvalue weighted by molar-refractivity contribution is 5.87. The van der Waals surface area contributed by atoms with E-state index >= 15 is 0 Å². The average molecular weight is 487 g/mol. The van der Waals surface area contributed by atoms with E-state index in [1.165, 1.54) is 5.57 Å². The number of fused-ring (bicyclic) bond motifs is 7. The molecule has 0 amide bonds. The second-order valence-corrected chi connectivity index (χ2v) is 14.2. The maximum absolute atomic E-state index is 13.7. The molecule has 0 bridgehead atoms. The minimum Gasteiger partial charge on any atom is -0.481 e. The summed E-state index contributed by atoms with van der Waals surface area (Å²) in [4.78, 5) is 26.6. The Morgan fingerprint density at radius 2 is 1.71 bits per heavy atom. The van der Waals surface area contributed by atoms with E-state index in [-0.39, 0.29) is 47.4 Å². The Kier molecular flexibility index (Phi) is 5.57. The number of carboxylic acid groups (broad SMARTS) is 1. The first-order chi connectivity index (χ1) is 16.2. The molecule has 0 unspecified atom stereocenters. The summed E-state index contributed by atoms with van der Waals surface area (Å²) in [5, 5.41) is 31.8. The average Bonchev–Trinajstić information content (AvgIpc) is 2.80. The Balaban J connectivity index is 1.64. The van der Waals surface area contributed by atoms with Gasteiger partial charge in [0, 0.05) is 17.3 Å². The number of Topliss-reactive ketones (excluding diaryl/α,β-unsaturated/α-hetero) is 1. The highest BCUT2D eigenvalue weighted by atomic mass is 16.4. The summed E-state index contributed by atoms with van der Waals surface area (Å²) < 4.78 is 0. The zero-order valence-corrected chi connectivity index (χ0v) is 22.6. The van der Waals surface area contributed by atoms with Crippen LogP contribution in [0.25, 0.3) is 0 Å². The number of ketones is 1. The summed E-state index contributed by atoms with van der Waals surface area (Å²) >= 11 is 0. The molecule has 4 saturated carbocycles. The van der Waals surface area contributed by atoms with Crippen molar-refractivity contribution < 1.29 is 24.9 Å². The van der Waals surface area contributed by atoms with Crippen molar-refractivity contribution in [2.24, 2.45) is 56.7 Å². The molecule has 3 N–H and O–H groups in total. The Labute approximate surface area is 210 Å². The fourth-order valence-corrected chi connectivity index (χ4v) is 10.6. The largest absolute Gasteiger partial charge is 0.481 e. The summed E-state index contributed by atoms with van der Waals surface area (Å²) in [5.41, 5.74) is -0.845. The van der Waals surface area contributed by atoms with E-state index in [4.69, 9.17) is 0 Å². The summed E-state index contributed by atoms with van der Waals surface area (Å²) in [6.07, 6.45) is 7.51. The smallest absolute Gasteiger partial charge is 0.310 e. The molecule has 11 atom stereocenters. The highest BCUT2D eigenvalue weighted by Crippen LogP contribution is 2.75. The number of hydrogen-bond donors (Lipinski definition) is 3. The van der Waals surface area contributed by atoms with E-state index in [0.717, 1.165) is 38.5 Å². The second-order valence-electron chi connectivity index (χ2n) is 14.2. The third-order valence-electron chi connectivity index (χ3n) is 13.4. The van der Waals surface area contributed by atoms with Gasteiger partial charge in [0.1, 0.15) is 5.78 Å². The SMILES string of the molecule is C[C@H]1[C@H](C)CC[C@]2(C(=O)O)CC[C@]3(C)C(=CC[C@@H]4[C@@]5(C)C(=O)C[C@H](O)[C@@](C)(CO)[C@H]5CC[C@]43C)[C@H]12. The molecule has 5 nitrogen and oxygen atoms in total. The van der Waals surface area contributed by atoms with Gasteiger partial charge in [0.15, 0.2) is 0 Å². The van der Waals surface area contributed by atoms with Gasteiger partial charge in [-0.15, -0.1) is 0 Å². The van der Waals surface area contributed by atoms with Crippen LogP contribution in [0.2, 0.25) is 0 Å². The van der Waals surface area contributed by atoms with Crippen LogP contribution >= 0.6 is 0 Å². The van der Waals surface area contributed by atoms with Crippen molar-refractivity contribution >= 4 is 11.8 Å². The molecule has 4 fully saturated rings. The number of carbonyl (C=O) groups is 2. The molecule has 5 rings (SSSR count). The second kappa shape index (κ2) is 7.66. The molecule has 0 aromatic carbocycles. The lowest BCUT2D eigenvalue weighted by Crippen LogP contribution is -2.68. The van der Waals surface area contributed by atoms with Crippen LogP contribution in [-0.2, 0) is 9.59 Å². The van der Waals surface area contributed by atoms with E-state index in [2.05, 4.69) is 40.7 Å². The molecule has 5 aliphatic rings. The van der Waals surface area contributed by atoms with Crippen molar-refractivity contribution in [1.82, 2.24) is 0 Å². The van der Waals surface area contributed by atoms with Gasteiger partial charge in [-0.1, -0.05) is 53.2 Å². The van der Waals surface area contributed by atoms with Gasteiger partial charge in [-0.3, -0.25) is 9.59 Å². The molecule has 0 spiro atoms. The topological polar surface area (TPSA) is 94.8 Å². The van der Waals surface area contributed by atoms with Crippen LogP contribution in [0.1, 0.15) is 92.9 Å². The normalized spacial score (nSPS) is 55.7. The van der Waals surface area contributed by atoms with Gasteiger partial charge in [-0.05, 0) is 85.4 Å². The van der Waals surface area contributed by atoms with Crippen molar-refractivity contribution in [1.29, 1.82) is 0 Å². The molecule has 0 saturated heterocycles. The summed E-state index contributed by atoms with van der Waals surface area (Å²) in [5.74, 6) is 0.473. The third kappa shape index (κ3) is 2.83. The van der Waals surface area contributed by atoms with Crippen LogP contribution in [-0.4, -0.2) is 39.8 Å². The van der Waals surface area contributed by atoms with Crippen LogP contribution in [0.5, 0.6) is 0 Å². The van der Waals surface area contributed by atoms with Crippen molar-refractivity contribution in [3.8, 4) is 0 Å². The molecular weight excluding hydrogens is 440 g/mol. The third-order valence-corrected chi connectivity index (χ3v) is 13.4. The Morgan fingerprint density at radius 3 is 2.34 bits per heavy atom. The Morgan fingerprint density at radius 1 is 1.03 bits per heavy atom. The lowest BCUT2D eigenvalue weighted by atomic mass is 9.33. The molecule has 0 radical (unpaired) electrons. The lowest BCUT2D eigenvalue weighted by molar-refractivity contribution is -0.212. The van der Waals surface area contributed by atoms with E-state index in [9.17, 15) is 24.9 Å². The quantitative estimate of drug-likeness (QED) is 0.464. The van der Waals surface area contributed by atoms with Gasteiger partial charge in [-0.2, -0.15) is 0 Å². The molecule has 0 heterocycles. The van der Waals surface area contributed by atoms with Crippen molar-refractivity contribution in [2.45, 2.75) is 99.0 Å². The van der Waals surface area contributed by atoms with Gasteiger partial charge >= 0.3 is 5.97 Å². The van der Waals surface area contributed by atoms with Gasteiger partial charge in [0.2, 0.25) is 0 Å². The maximum Gasteiger partial charge on any atom is 0.310 e. The number of carboxylic acids is 1. The standard InChI is InChI=1S/C30H46O5/c1-17-9-12-30(25(34)35)14-13-27(4)19(24(30)18(17)2)7-8-21-28(27,5)11-10-20-26(3,16-31)22(32)15-23(33)29(20,21)6/h7,17-18,20-22,24,31-32H,8-16H2,1-6H3,(H,34,35)/t17-,18+,20-,21+,22+,24+,26+,27-,28-,29+,30+/m1/s1. The lowest BCUT2D eigenvalue weighted by Gasteiger charge is -2.70. The van der Waals surface area contributed by atoms with Gasteiger partial charge in [0.05, 0.1) is 18.1 Å². The fourth-order valence-electron chi connectivity index (χ4n) is 10.6. The maximum atomic E-state index is 13.7. The molecule has 196 valence electrons. The van der Waals surface area contributed by atoms with E-state index in [1.54, 1.807) is 0 Å². The zero-order chi connectivity index (χ0) is 25.8. The minimum atomic E-state index is -0.803. The molecule has 0 aliphatic heterocycles. The fraction of sp³-hybridized carbons (Fsp3) is 0.867. The summed E-state index contributed by atoms with van der Waals surface area (Å²) in [7, 11) is 0. The summed E-state index contributed by atoms with van der Waals surface area (Å²) in [6.45, 7) is 13.3. The number of allylic oxidation sites excluding steroid dienone is 2. The molecule has 5 heteroatoms. The van der Waals surface area contributed by atoms with Crippen molar-refractivity contribution in [3.05, 3.63) is 11.6 Å². The van der Waals surface area contributed by atoms with Crippen LogP contribution in [0.15, 0.2) is 11.6 Å². The molecule has 0 aromatic rings. The Hall–Kier alpha value is -1.20. The number of rotatable bonds is 2. The molecule has 0 aromatic heterocycles. The first kappa shape index (κ1) is 25.4. The molecule has 35 heavy (non-hydrogen) atoms. The van der Waals surface area contributed by atoms with Crippen molar-refractivity contribution in [3.63, 3.8) is 0 Å². The summed E-state index contributed by atoms with van der Waals surface area (Å²) in [6, 6.07) is 0. The van der Waals surface area contributed by atoms with Crippen LogP contribution in [0, 0.1) is 56.7 Å². The van der Waals surface area contributed by atoms with Crippen LogP contribution in [0.4, 0.5) is 0 Å². The van der Waals surface area contributed by atoms with Gasteiger partial charge in [-0.25, -0.2) is 0 Å². The van der Waals surface area contributed by atoms with Crippen molar-refractivity contribution in [2.75, 3.05) is 6.61 Å². The minimum absolute atomic E-state index is 0.0526. The van der Waals surface area contributed by atoms with Gasteiger partial charge in [0.25, 0.3) is 0 Å².